The third kappa shape index (κ3) is 5.36. The molecule has 2 heterocycles. The van der Waals surface area contributed by atoms with Gasteiger partial charge in [-0.25, -0.2) is 4.99 Å². The summed E-state index contributed by atoms with van der Waals surface area (Å²) < 4.78 is 8.79. The number of rotatable bonds is 4. The van der Waals surface area contributed by atoms with Crippen molar-refractivity contribution in [3.05, 3.63) is 131 Å². The molecule has 10 radical (unpaired) electrons. The van der Waals surface area contributed by atoms with Crippen molar-refractivity contribution < 1.29 is 4.42 Å². The van der Waals surface area contributed by atoms with Gasteiger partial charge in [-0.05, 0) is 77.9 Å². The molecule has 2 aromatic heterocycles. The molecule has 0 spiro atoms. The molecule has 2 aliphatic rings. The highest BCUT2D eigenvalue weighted by Gasteiger charge is 2.46. The fraction of sp³-hybridized carbons (Fsp3) is 0.191. The van der Waals surface area contributed by atoms with Crippen LogP contribution in [-0.2, 0) is 0 Å². The lowest BCUT2D eigenvalue weighted by Crippen LogP contribution is -2.57. The van der Waals surface area contributed by atoms with E-state index in [9.17, 15) is 0 Å². The molecule has 5 nitrogen and oxygen atoms in total. The third-order valence-corrected chi connectivity index (χ3v) is 12.6. The number of nitrogens with two attached hydrogens (primary N) is 1. The molecule has 0 aliphatic heterocycles. The van der Waals surface area contributed by atoms with Crippen LogP contribution in [0.2, 0.25) is 0 Å². The number of fused-ring (bicyclic) bond motifs is 6. The highest BCUT2D eigenvalue weighted by atomic mass is 16.3. The van der Waals surface area contributed by atoms with E-state index in [-0.39, 0.29) is 62.3 Å². The van der Waals surface area contributed by atoms with Gasteiger partial charge in [-0.1, -0.05) is 104 Å². The van der Waals surface area contributed by atoms with Gasteiger partial charge < -0.3 is 14.7 Å². The maximum atomic E-state index is 9.09. The number of benzene rings is 5. The van der Waals surface area contributed by atoms with Gasteiger partial charge in [0.2, 0.25) is 0 Å². The summed E-state index contributed by atoms with van der Waals surface area (Å²) in [6.45, 7) is 11.0. The minimum atomic E-state index is -0.869. The first-order valence-electron chi connectivity index (χ1n) is 19.3. The molecule has 0 fully saturated rings. The molecule has 0 amide bonds. The first kappa shape index (κ1) is 37.0. The predicted molar refractivity (Wildman–Crippen MR) is 243 cm³/mol. The van der Waals surface area contributed by atoms with E-state index in [2.05, 4.69) is 118 Å². The second-order valence-corrected chi connectivity index (χ2v) is 15.9. The summed E-state index contributed by atoms with van der Waals surface area (Å²) in [6, 6.07) is 30.1. The molecule has 0 bridgehead atoms. The van der Waals surface area contributed by atoms with Crippen LogP contribution in [-0.4, -0.2) is 55.5 Å². The van der Waals surface area contributed by atoms with Crippen LogP contribution < -0.4 is 33.0 Å². The molecule has 10 heteroatoms. The van der Waals surface area contributed by atoms with Gasteiger partial charge in [-0.3, -0.25) is 5.41 Å². The summed E-state index contributed by atoms with van der Waals surface area (Å²) in [5.74, 6) is 0.0390. The number of aromatic nitrogens is 1. The number of hydrogen-bond donors (Lipinski definition) is 2. The SMILES string of the molecule is [B]c1c([B])c([B])c(C(=N)N=C(N)C2(C)C=CC(C)C3=C2C(C)c2c(c4ccc(-c5ccccc5)cc4n2-c2ccc4oc5cccc(C)c5c4c2)C3C)c([B])c1[B]. The van der Waals surface area contributed by atoms with Crippen molar-refractivity contribution in [3.63, 3.8) is 0 Å². The lowest BCUT2D eigenvalue weighted by Gasteiger charge is -2.45. The van der Waals surface area contributed by atoms with E-state index < -0.39 is 5.41 Å². The zero-order valence-corrected chi connectivity index (χ0v) is 32.7. The molecule has 266 valence electrons. The molecule has 5 aromatic carbocycles. The van der Waals surface area contributed by atoms with Gasteiger partial charge in [0.1, 0.15) is 56.2 Å². The van der Waals surface area contributed by atoms with Gasteiger partial charge in [0, 0.05) is 44.9 Å². The molecular weight excluding hydrogens is 691 g/mol. The molecule has 0 saturated heterocycles. The van der Waals surface area contributed by atoms with E-state index >= 15 is 0 Å². The van der Waals surface area contributed by atoms with Crippen molar-refractivity contribution in [2.75, 3.05) is 0 Å². The molecule has 7 aromatic rings. The second-order valence-electron chi connectivity index (χ2n) is 15.9. The maximum absolute atomic E-state index is 9.09. The Labute approximate surface area is 340 Å². The van der Waals surface area contributed by atoms with Crippen molar-refractivity contribution in [3.8, 4) is 16.8 Å². The van der Waals surface area contributed by atoms with Crippen LogP contribution in [0.3, 0.4) is 0 Å². The zero-order chi connectivity index (χ0) is 40.2. The van der Waals surface area contributed by atoms with Crippen LogP contribution >= 0.6 is 0 Å². The minimum absolute atomic E-state index is 0.0350. The Kier molecular flexibility index (Phi) is 8.58. The summed E-state index contributed by atoms with van der Waals surface area (Å²) in [7, 11) is 31.1. The number of amidine groups is 2. The van der Waals surface area contributed by atoms with E-state index in [1.165, 1.54) is 22.2 Å². The van der Waals surface area contributed by atoms with Crippen LogP contribution in [0, 0.1) is 23.7 Å². The summed E-state index contributed by atoms with van der Waals surface area (Å²) >= 11 is 0. The maximum Gasteiger partial charge on any atom is 0.152 e. The van der Waals surface area contributed by atoms with Crippen LogP contribution in [0.25, 0.3) is 49.7 Å². The molecular formula is C47H37B5N4O. The highest BCUT2D eigenvalue weighted by molar-refractivity contribution is 6.68. The zero-order valence-electron chi connectivity index (χ0n) is 32.7. The van der Waals surface area contributed by atoms with Crippen LogP contribution in [0.15, 0.2) is 118 Å². The topological polar surface area (TPSA) is 80.3 Å². The van der Waals surface area contributed by atoms with E-state index in [4.69, 9.17) is 59.8 Å². The number of allylic oxidation sites excluding steroid dienone is 2. The Morgan fingerprint density at radius 1 is 0.772 bits per heavy atom. The van der Waals surface area contributed by atoms with Gasteiger partial charge in [0.15, 0.2) is 5.84 Å². The van der Waals surface area contributed by atoms with Crippen molar-refractivity contribution in [1.82, 2.24) is 4.57 Å². The number of aryl methyl sites for hydroxylation is 1. The van der Waals surface area contributed by atoms with Crippen LogP contribution in [0.5, 0.6) is 0 Å². The van der Waals surface area contributed by atoms with Gasteiger partial charge in [0.25, 0.3) is 0 Å². The molecule has 3 N–H and O–H groups in total. The molecule has 9 rings (SSSR count). The van der Waals surface area contributed by atoms with Gasteiger partial charge in [0.05, 0.1) is 10.9 Å². The number of furan rings is 1. The monoisotopic (exact) mass is 728 g/mol. The number of nitrogens with one attached hydrogen (secondary N) is 1. The first-order chi connectivity index (χ1) is 27.2. The fourth-order valence-electron chi connectivity index (χ4n) is 9.75. The van der Waals surface area contributed by atoms with Gasteiger partial charge >= 0.3 is 0 Å². The summed E-state index contributed by atoms with van der Waals surface area (Å²) in [6.07, 6.45) is 4.33. The Hall–Kier alpha value is -5.62. The second kappa shape index (κ2) is 13.2. The Morgan fingerprint density at radius 2 is 1.47 bits per heavy atom. The smallest absolute Gasteiger partial charge is 0.152 e. The van der Waals surface area contributed by atoms with Crippen LogP contribution in [0.4, 0.5) is 0 Å². The minimum Gasteiger partial charge on any atom is -0.456 e. The quantitative estimate of drug-likeness (QED) is 0.107. The summed E-state index contributed by atoms with van der Waals surface area (Å²) in [5, 5.41) is 12.5. The number of nitrogens with zero attached hydrogens (tertiary/aromatic N) is 2. The van der Waals surface area contributed by atoms with E-state index in [1.54, 1.807) is 0 Å². The van der Waals surface area contributed by atoms with E-state index in [1.807, 2.05) is 18.2 Å². The summed E-state index contributed by atoms with van der Waals surface area (Å²) in [5.41, 5.74) is 18.9. The molecule has 4 atom stereocenters. The van der Waals surface area contributed by atoms with Crippen molar-refractivity contribution in [1.29, 1.82) is 5.41 Å². The average molecular weight is 728 g/mol. The third-order valence-electron chi connectivity index (χ3n) is 12.6. The number of hydrogen-bond acceptors (Lipinski definition) is 2. The Balaban J connectivity index is 1.27. The lowest BCUT2D eigenvalue weighted by atomic mass is 9.60. The molecule has 2 aliphatic carbocycles. The summed E-state index contributed by atoms with van der Waals surface area (Å²) in [4.78, 5) is 4.70. The highest BCUT2D eigenvalue weighted by Crippen LogP contribution is 2.57. The Bertz CT molecular complexity index is 2940. The standard InChI is InChI=1S/C47H37B5N4O/c1-22-10-9-13-33-35(22)30-21-28(15-17-32(30)57-33)56-31-20-27(26-11-7-6-8-12-26)14-16-29(31)36-24(3)34-23(2)18-19-47(5,38(34)25(4)44(36)56)46(54)55-45(53)37-39(48)41(50)43(52)42(51)40(37)49/h6-21,23-25H,1-5H3,(H3,53,54,55). The largest absolute Gasteiger partial charge is 0.456 e. The van der Waals surface area contributed by atoms with Crippen LogP contribution in [0.1, 0.15) is 61.9 Å². The molecule has 4 unspecified atom stereocenters. The molecule has 0 saturated carbocycles. The van der Waals surface area contributed by atoms with E-state index in [0.29, 0.717) is 0 Å². The van der Waals surface area contributed by atoms with Crippen molar-refractivity contribution in [2.45, 2.75) is 46.5 Å². The fourth-order valence-corrected chi connectivity index (χ4v) is 9.75. The lowest BCUT2D eigenvalue weighted by molar-refractivity contribution is 0.529. The van der Waals surface area contributed by atoms with Gasteiger partial charge in [-0.2, -0.15) is 0 Å². The van der Waals surface area contributed by atoms with Gasteiger partial charge in [-0.15, -0.1) is 16.4 Å². The van der Waals surface area contributed by atoms with E-state index in [0.717, 1.165) is 55.4 Å². The number of aliphatic imine (C=N–C) groups is 1. The first-order valence-corrected chi connectivity index (χ1v) is 19.3. The Morgan fingerprint density at radius 3 is 2.19 bits per heavy atom. The molecule has 57 heavy (non-hydrogen) atoms. The normalized spacial score (nSPS) is 20.7. The van der Waals surface area contributed by atoms with Crippen molar-refractivity contribution in [2.24, 2.45) is 22.1 Å². The van der Waals surface area contributed by atoms with Crippen molar-refractivity contribution >= 4 is 111 Å². The average Bonchev–Trinajstić information content (AvgIpc) is 3.76. The predicted octanol–water partition coefficient (Wildman–Crippen LogP) is 5.59.